The first-order valence-electron chi connectivity index (χ1n) is 7.12. The molecule has 0 aromatic carbocycles. The Labute approximate surface area is 150 Å². The van der Waals surface area contributed by atoms with E-state index in [1.54, 1.807) is 0 Å². The first kappa shape index (κ1) is 20.2. The first-order valence-corrected chi connectivity index (χ1v) is 10.0. The van der Waals surface area contributed by atoms with Gasteiger partial charge in [-0.25, -0.2) is 15.0 Å². The fourth-order valence-electron chi connectivity index (χ4n) is 2.46. The fraction of sp³-hybridized carbons (Fsp3) is 0.500. The molecular formula is C10H12N5O10P2-3. The molecule has 3 heterocycles. The lowest BCUT2D eigenvalue weighted by Crippen LogP contribution is -2.34. The molecule has 0 spiro atoms. The summed E-state index contributed by atoms with van der Waals surface area (Å²) in [6, 6.07) is 0. The molecule has 27 heavy (non-hydrogen) atoms. The van der Waals surface area contributed by atoms with Gasteiger partial charge in [0.15, 0.2) is 17.7 Å². The minimum atomic E-state index is -5.85. The van der Waals surface area contributed by atoms with Gasteiger partial charge in [-0.15, -0.1) is 0 Å². The number of ether oxygens (including phenoxy) is 1. The zero-order valence-corrected chi connectivity index (χ0v) is 14.9. The molecule has 2 aromatic heterocycles. The van der Waals surface area contributed by atoms with Crippen molar-refractivity contribution < 1.29 is 47.6 Å². The van der Waals surface area contributed by atoms with E-state index >= 15 is 0 Å². The maximum absolute atomic E-state index is 11.3. The molecule has 1 fully saturated rings. The number of fused-ring (bicyclic) bond motifs is 1. The molecule has 1 unspecified atom stereocenters. The van der Waals surface area contributed by atoms with Crippen molar-refractivity contribution in [3.63, 3.8) is 0 Å². The van der Waals surface area contributed by atoms with E-state index in [0.29, 0.717) is 0 Å². The number of nitrogen functional groups attached to an aromatic ring is 1. The molecule has 5 atom stereocenters. The highest BCUT2D eigenvalue weighted by Crippen LogP contribution is 2.50. The van der Waals surface area contributed by atoms with Gasteiger partial charge in [-0.3, -0.25) is 13.4 Å². The van der Waals surface area contributed by atoms with Gasteiger partial charge in [0.1, 0.15) is 30.2 Å². The van der Waals surface area contributed by atoms with Crippen LogP contribution in [0.2, 0.25) is 0 Å². The van der Waals surface area contributed by atoms with Crippen LogP contribution >= 0.6 is 15.6 Å². The molecular weight excluding hydrogens is 412 g/mol. The number of phosphoric ester groups is 1. The second-order valence-electron chi connectivity index (χ2n) is 5.40. The maximum atomic E-state index is 11.3. The number of rotatable bonds is 6. The van der Waals surface area contributed by atoms with Crippen LogP contribution < -0.4 is 20.4 Å². The number of hydrogen-bond acceptors (Lipinski definition) is 14. The number of aliphatic hydroxyl groups excluding tert-OH is 2. The van der Waals surface area contributed by atoms with Crippen molar-refractivity contribution in [2.75, 3.05) is 12.3 Å². The van der Waals surface area contributed by atoms with Crippen LogP contribution in [-0.4, -0.2) is 54.7 Å². The molecule has 0 amide bonds. The van der Waals surface area contributed by atoms with E-state index in [0.717, 1.165) is 6.33 Å². The van der Waals surface area contributed by atoms with Crippen LogP contribution in [0.5, 0.6) is 0 Å². The Morgan fingerprint density at radius 1 is 1.22 bits per heavy atom. The van der Waals surface area contributed by atoms with Gasteiger partial charge in [0.05, 0.1) is 20.8 Å². The molecule has 0 saturated carbocycles. The summed E-state index contributed by atoms with van der Waals surface area (Å²) in [5, 5.41) is 20.2. The van der Waals surface area contributed by atoms with E-state index in [1.165, 1.54) is 10.9 Å². The fourth-order valence-corrected chi connectivity index (χ4v) is 3.96. The minimum absolute atomic E-state index is 0.0655. The maximum Gasteiger partial charge on any atom is 0.271 e. The second kappa shape index (κ2) is 7.14. The largest absolute Gasteiger partial charge is 0.790 e. The van der Waals surface area contributed by atoms with Crippen LogP contribution in [-0.2, 0) is 22.7 Å². The Kier molecular flexibility index (Phi) is 5.35. The van der Waals surface area contributed by atoms with Crippen molar-refractivity contribution >= 4 is 32.6 Å². The zero-order valence-electron chi connectivity index (χ0n) is 13.1. The SMILES string of the molecule is Nc1ncnc2c1ncn2[C@H]1O[C@@H](COP(=O)([O-])OP(=O)([O-])[O-])[C@@H](O)[C@@H]1O. The molecule has 0 radical (unpaired) electrons. The normalized spacial score (nSPS) is 28.5. The molecule has 4 N–H and O–H groups in total. The lowest BCUT2D eigenvalue weighted by atomic mass is 10.1. The second-order valence-corrected chi connectivity index (χ2v) is 8.10. The topological polar surface area (TPSA) is 241 Å². The Bertz CT molecular complexity index is 932. The minimum Gasteiger partial charge on any atom is -0.790 e. The lowest BCUT2D eigenvalue weighted by molar-refractivity contribution is -0.339. The van der Waals surface area contributed by atoms with Crippen LogP contribution in [0.25, 0.3) is 11.2 Å². The molecule has 1 aliphatic rings. The van der Waals surface area contributed by atoms with E-state index in [2.05, 4.69) is 23.8 Å². The molecule has 1 aliphatic heterocycles. The quantitative estimate of drug-likeness (QED) is 0.379. The summed E-state index contributed by atoms with van der Waals surface area (Å²) in [5.74, 6) is 0.0655. The van der Waals surface area contributed by atoms with Gasteiger partial charge in [0.25, 0.3) is 7.82 Å². The van der Waals surface area contributed by atoms with E-state index in [1.807, 2.05) is 0 Å². The molecule has 17 heteroatoms. The summed E-state index contributed by atoms with van der Waals surface area (Å²) < 4.78 is 35.7. The Morgan fingerprint density at radius 3 is 2.59 bits per heavy atom. The first-order chi connectivity index (χ1) is 12.5. The third-order valence-corrected chi connectivity index (χ3v) is 5.66. The smallest absolute Gasteiger partial charge is 0.271 e. The molecule has 2 aromatic rings. The van der Waals surface area contributed by atoms with Crippen LogP contribution in [0, 0.1) is 0 Å². The number of hydrogen-bond donors (Lipinski definition) is 3. The number of nitrogens with two attached hydrogens (primary N) is 1. The van der Waals surface area contributed by atoms with Gasteiger partial charge in [-0.1, -0.05) is 0 Å². The average Bonchev–Trinajstić information content (AvgIpc) is 3.07. The van der Waals surface area contributed by atoms with E-state index in [-0.39, 0.29) is 17.0 Å². The van der Waals surface area contributed by atoms with Gasteiger partial charge in [-0.05, 0) is 0 Å². The molecule has 0 aliphatic carbocycles. The Hall–Kier alpha value is -1.51. The highest BCUT2D eigenvalue weighted by molar-refractivity contribution is 7.58. The third kappa shape index (κ3) is 4.33. The number of phosphoric acid groups is 2. The Balaban J connectivity index is 1.75. The van der Waals surface area contributed by atoms with Gasteiger partial charge in [-0.2, -0.15) is 0 Å². The number of nitrogens with zero attached hydrogens (tertiary/aromatic N) is 4. The van der Waals surface area contributed by atoms with E-state index in [4.69, 9.17) is 10.5 Å². The summed E-state index contributed by atoms with van der Waals surface area (Å²) in [6.07, 6.45) is -3.48. The highest BCUT2D eigenvalue weighted by Gasteiger charge is 2.44. The van der Waals surface area contributed by atoms with Crippen LogP contribution in [0.15, 0.2) is 12.7 Å². The predicted molar refractivity (Wildman–Crippen MR) is 77.9 cm³/mol. The van der Waals surface area contributed by atoms with Gasteiger partial charge in [0.2, 0.25) is 0 Å². The van der Waals surface area contributed by atoms with E-state index in [9.17, 15) is 34.0 Å². The number of aromatic nitrogens is 4. The third-order valence-electron chi connectivity index (χ3n) is 3.60. The van der Waals surface area contributed by atoms with Crippen molar-refractivity contribution in [3.8, 4) is 0 Å². The molecule has 15 nitrogen and oxygen atoms in total. The summed E-state index contributed by atoms with van der Waals surface area (Å²) in [4.78, 5) is 43.7. The van der Waals surface area contributed by atoms with Crippen LogP contribution in [0.1, 0.15) is 6.23 Å². The summed E-state index contributed by atoms with van der Waals surface area (Å²) in [6.45, 7) is -0.931. The lowest BCUT2D eigenvalue weighted by Gasteiger charge is -2.35. The van der Waals surface area contributed by atoms with Crippen molar-refractivity contribution in [2.24, 2.45) is 0 Å². The number of aliphatic hydroxyl groups is 2. The van der Waals surface area contributed by atoms with Crippen LogP contribution in [0.4, 0.5) is 5.82 Å². The van der Waals surface area contributed by atoms with Crippen molar-refractivity contribution in [1.82, 2.24) is 19.5 Å². The van der Waals surface area contributed by atoms with Crippen molar-refractivity contribution in [1.29, 1.82) is 0 Å². The number of anilines is 1. The predicted octanol–water partition coefficient (Wildman–Crippen LogP) is -3.64. The monoisotopic (exact) mass is 424 g/mol. The van der Waals surface area contributed by atoms with E-state index < -0.39 is 46.8 Å². The molecule has 3 rings (SSSR count). The van der Waals surface area contributed by atoms with Gasteiger partial charge >= 0.3 is 0 Å². The number of imidazole rings is 1. The standard InChI is InChI=1S/C10H15N5O10P2/c11-8-5-9(13-2-12-8)15(3-14-5)10-7(17)6(16)4(24-10)1-23-27(21,22)25-26(18,19)20/h2-4,6-7,10,16-17H,1H2,(H,21,22)(H2,11,12,13)(H2,18,19,20)/p-3/t4-,6+,7-,10-/m0/s1. The average molecular weight is 424 g/mol. The molecule has 0 bridgehead atoms. The van der Waals surface area contributed by atoms with Crippen molar-refractivity contribution in [3.05, 3.63) is 12.7 Å². The highest BCUT2D eigenvalue weighted by atomic mass is 31.3. The van der Waals surface area contributed by atoms with Gasteiger partial charge in [0, 0.05) is 0 Å². The summed E-state index contributed by atoms with van der Waals surface area (Å²) in [7, 11) is -11.4. The molecule has 1 saturated heterocycles. The summed E-state index contributed by atoms with van der Waals surface area (Å²) in [5.41, 5.74) is 6.04. The zero-order chi connectivity index (χ0) is 20.0. The van der Waals surface area contributed by atoms with Gasteiger partial charge < -0.3 is 44.5 Å². The van der Waals surface area contributed by atoms with Crippen molar-refractivity contribution in [2.45, 2.75) is 24.5 Å². The Morgan fingerprint density at radius 2 is 1.93 bits per heavy atom. The van der Waals surface area contributed by atoms with Crippen LogP contribution in [0.3, 0.4) is 0 Å². The molecule has 150 valence electrons. The summed E-state index contributed by atoms with van der Waals surface area (Å²) >= 11 is 0.